The molecule has 0 bridgehead atoms. The quantitative estimate of drug-likeness (QED) is 0.888. The van der Waals surface area contributed by atoms with Crippen LogP contribution in [0.3, 0.4) is 0 Å². The number of hydrogen-bond donors (Lipinski definition) is 1. The summed E-state index contributed by atoms with van der Waals surface area (Å²) in [5, 5.41) is 0. The Morgan fingerprint density at radius 3 is 2.43 bits per heavy atom. The van der Waals surface area contributed by atoms with Crippen molar-refractivity contribution in [1.82, 2.24) is 9.97 Å². The Bertz CT molecular complexity index is 683. The Morgan fingerprint density at radius 2 is 1.90 bits per heavy atom. The van der Waals surface area contributed by atoms with Crippen LogP contribution < -0.4 is 10.5 Å². The monoisotopic (exact) mass is 353 g/mol. The van der Waals surface area contributed by atoms with Gasteiger partial charge in [0.2, 0.25) is 0 Å². The van der Waals surface area contributed by atoms with E-state index in [1.165, 1.54) is 13.2 Å². The van der Waals surface area contributed by atoms with E-state index in [-0.39, 0.29) is 11.2 Å². The van der Waals surface area contributed by atoms with Gasteiger partial charge in [-0.05, 0) is 34.1 Å². The number of ether oxygens (including phenoxy) is 1. The SMILES string of the molecule is COc1ccc(-c2nc(N)c(Br)c(C(C)(C)C)n2)cc1F. The molecule has 0 fully saturated rings. The van der Waals surface area contributed by atoms with Crippen molar-refractivity contribution in [2.24, 2.45) is 0 Å². The van der Waals surface area contributed by atoms with Crippen molar-refractivity contribution < 1.29 is 9.13 Å². The molecule has 0 atom stereocenters. The Morgan fingerprint density at radius 1 is 1.24 bits per heavy atom. The van der Waals surface area contributed by atoms with Crippen LogP contribution in [0.25, 0.3) is 11.4 Å². The summed E-state index contributed by atoms with van der Waals surface area (Å²) < 4.78 is 19.4. The first-order chi connectivity index (χ1) is 9.74. The van der Waals surface area contributed by atoms with Gasteiger partial charge in [-0.1, -0.05) is 20.8 Å². The molecule has 2 N–H and O–H groups in total. The van der Waals surface area contributed by atoms with Crippen molar-refractivity contribution >= 4 is 21.7 Å². The van der Waals surface area contributed by atoms with E-state index in [2.05, 4.69) is 25.9 Å². The lowest BCUT2D eigenvalue weighted by Crippen LogP contribution is -2.17. The molecule has 21 heavy (non-hydrogen) atoms. The maximum atomic E-state index is 13.8. The summed E-state index contributed by atoms with van der Waals surface area (Å²) in [6.45, 7) is 6.08. The van der Waals surface area contributed by atoms with E-state index >= 15 is 0 Å². The van der Waals surface area contributed by atoms with Crippen LogP contribution in [0.5, 0.6) is 5.75 Å². The summed E-state index contributed by atoms with van der Waals surface area (Å²) in [4.78, 5) is 8.75. The lowest BCUT2D eigenvalue weighted by atomic mass is 9.91. The van der Waals surface area contributed by atoms with Gasteiger partial charge in [-0.3, -0.25) is 0 Å². The topological polar surface area (TPSA) is 61.0 Å². The van der Waals surface area contributed by atoms with Gasteiger partial charge in [-0.15, -0.1) is 0 Å². The Kier molecular flexibility index (Phi) is 4.18. The number of aromatic nitrogens is 2. The Balaban J connectivity index is 2.60. The molecule has 0 aliphatic carbocycles. The van der Waals surface area contributed by atoms with E-state index in [1.54, 1.807) is 12.1 Å². The lowest BCUT2D eigenvalue weighted by molar-refractivity contribution is 0.386. The number of nitrogen functional groups attached to an aromatic ring is 1. The third-order valence-corrected chi connectivity index (χ3v) is 3.78. The predicted octanol–water partition coefficient (Wildman–Crippen LogP) is 3.93. The fourth-order valence-corrected chi connectivity index (χ4v) is 2.67. The van der Waals surface area contributed by atoms with Crippen molar-refractivity contribution in [3.63, 3.8) is 0 Å². The average Bonchev–Trinajstić information content (AvgIpc) is 2.40. The number of hydrogen-bond acceptors (Lipinski definition) is 4. The smallest absolute Gasteiger partial charge is 0.165 e. The zero-order valence-corrected chi connectivity index (χ0v) is 14.0. The second kappa shape index (κ2) is 5.60. The van der Waals surface area contributed by atoms with Gasteiger partial charge in [0.1, 0.15) is 5.82 Å². The summed E-state index contributed by atoms with van der Waals surface area (Å²) in [6.07, 6.45) is 0. The summed E-state index contributed by atoms with van der Waals surface area (Å²) >= 11 is 3.42. The van der Waals surface area contributed by atoms with Gasteiger partial charge in [-0.25, -0.2) is 14.4 Å². The molecule has 6 heteroatoms. The van der Waals surface area contributed by atoms with Gasteiger partial charge in [-0.2, -0.15) is 0 Å². The molecule has 1 aromatic carbocycles. The van der Waals surface area contributed by atoms with E-state index in [0.29, 0.717) is 21.7 Å². The zero-order valence-electron chi connectivity index (χ0n) is 12.4. The minimum Gasteiger partial charge on any atom is -0.494 e. The van der Waals surface area contributed by atoms with Gasteiger partial charge >= 0.3 is 0 Å². The number of benzene rings is 1. The summed E-state index contributed by atoms with van der Waals surface area (Å²) in [5.74, 6) is 0.445. The van der Waals surface area contributed by atoms with Gasteiger partial charge < -0.3 is 10.5 Å². The lowest BCUT2D eigenvalue weighted by Gasteiger charge is -2.21. The van der Waals surface area contributed by atoms with Crippen LogP contribution in [0.1, 0.15) is 26.5 Å². The molecule has 0 saturated carbocycles. The summed E-state index contributed by atoms with van der Waals surface area (Å²) in [7, 11) is 1.42. The van der Waals surface area contributed by atoms with Crippen LogP contribution in [0.2, 0.25) is 0 Å². The van der Waals surface area contributed by atoms with Gasteiger partial charge in [0.05, 0.1) is 17.3 Å². The summed E-state index contributed by atoms with van der Waals surface area (Å²) in [5.41, 5.74) is 7.05. The second-order valence-corrected chi connectivity index (χ2v) is 6.49. The molecule has 2 rings (SSSR count). The first-order valence-corrected chi connectivity index (χ1v) is 7.20. The molecule has 0 saturated heterocycles. The van der Waals surface area contributed by atoms with Gasteiger partial charge in [0.25, 0.3) is 0 Å². The Labute approximate surface area is 131 Å². The van der Waals surface area contributed by atoms with Crippen molar-refractivity contribution in [2.75, 3.05) is 12.8 Å². The molecule has 0 unspecified atom stereocenters. The third kappa shape index (κ3) is 3.15. The van der Waals surface area contributed by atoms with Crippen LogP contribution in [0.4, 0.5) is 10.2 Å². The normalized spacial score (nSPS) is 11.5. The van der Waals surface area contributed by atoms with Crippen molar-refractivity contribution in [3.05, 3.63) is 34.2 Å². The van der Waals surface area contributed by atoms with E-state index < -0.39 is 5.82 Å². The van der Waals surface area contributed by atoms with Crippen molar-refractivity contribution in [2.45, 2.75) is 26.2 Å². The first-order valence-electron chi connectivity index (χ1n) is 6.41. The minimum absolute atomic E-state index is 0.180. The van der Waals surface area contributed by atoms with E-state index in [9.17, 15) is 4.39 Å². The molecule has 1 heterocycles. The predicted molar refractivity (Wildman–Crippen MR) is 84.8 cm³/mol. The molecule has 112 valence electrons. The fourth-order valence-electron chi connectivity index (χ4n) is 1.90. The van der Waals surface area contributed by atoms with E-state index in [0.717, 1.165) is 5.69 Å². The number of nitrogens with zero attached hydrogens (tertiary/aromatic N) is 2. The summed E-state index contributed by atoms with van der Waals surface area (Å²) in [6, 6.07) is 4.59. The highest BCUT2D eigenvalue weighted by Gasteiger charge is 2.23. The molecule has 0 aliphatic heterocycles. The Hall–Kier alpha value is -1.69. The minimum atomic E-state index is -0.461. The van der Waals surface area contributed by atoms with Crippen LogP contribution >= 0.6 is 15.9 Å². The molecular weight excluding hydrogens is 337 g/mol. The molecular formula is C15H17BrFN3O. The van der Waals surface area contributed by atoms with Crippen LogP contribution in [-0.2, 0) is 5.41 Å². The molecule has 2 aromatic rings. The zero-order chi connectivity index (χ0) is 15.8. The van der Waals surface area contributed by atoms with E-state index in [4.69, 9.17) is 10.5 Å². The van der Waals surface area contributed by atoms with Crippen molar-refractivity contribution in [3.8, 4) is 17.1 Å². The first kappa shape index (κ1) is 15.7. The van der Waals surface area contributed by atoms with Gasteiger partial charge in [0.15, 0.2) is 17.4 Å². The fraction of sp³-hybridized carbons (Fsp3) is 0.333. The molecule has 1 aromatic heterocycles. The number of anilines is 1. The molecule has 0 aliphatic rings. The molecule has 0 spiro atoms. The number of halogens is 2. The van der Waals surface area contributed by atoms with Crippen LogP contribution in [-0.4, -0.2) is 17.1 Å². The molecule has 0 amide bonds. The van der Waals surface area contributed by atoms with Crippen molar-refractivity contribution in [1.29, 1.82) is 0 Å². The standard InChI is InChI=1S/C15H17BrFN3O/c1-15(2,3)12-11(16)13(18)20-14(19-12)8-5-6-10(21-4)9(17)7-8/h5-7H,1-4H3,(H2,18,19,20). The maximum Gasteiger partial charge on any atom is 0.165 e. The molecule has 4 nitrogen and oxygen atoms in total. The van der Waals surface area contributed by atoms with Gasteiger partial charge in [0, 0.05) is 11.0 Å². The highest BCUT2D eigenvalue weighted by atomic mass is 79.9. The van der Waals surface area contributed by atoms with Crippen LogP contribution in [0.15, 0.2) is 22.7 Å². The average molecular weight is 354 g/mol. The van der Waals surface area contributed by atoms with E-state index in [1.807, 2.05) is 20.8 Å². The van der Waals surface area contributed by atoms with Crippen LogP contribution in [0, 0.1) is 5.82 Å². The highest BCUT2D eigenvalue weighted by molar-refractivity contribution is 9.10. The molecule has 0 radical (unpaired) electrons. The number of rotatable bonds is 2. The third-order valence-electron chi connectivity index (χ3n) is 3.00. The highest BCUT2D eigenvalue weighted by Crippen LogP contribution is 2.33. The maximum absolute atomic E-state index is 13.8. The number of nitrogens with two attached hydrogens (primary N) is 1. The largest absolute Gasteiger partial charge is 0.494 e. The number of methoxy groups -OCH3 is 1. The second-order valence-electron chi connectivity index (χ2n) is 5.69.